The van der Waals surface area contributed by atoms with Crippen molar-refractivity contribution >= 4 is 5.91 Å². The molecule has 19 heavy (non-hydrogen) atoms. The first-order chi connectivity index (χ1) is 8.87. The molecule has 0 saturated heterocycles. The van der Waals surface area contributed by atoms with E-state index in [1.807, 2.05) is 31.2 Å². The highest BCUT2D eigenvalue weighted by Crippen LogP contribution is 2.21. The van der Waals surface area contributed by atoms with E-state index in [2.05, 4.69) is 26.1 Å². The van der Waals surface area contributed by atoms with Gasteiger partial charge in [0.25, 0.3) is 5.91 Å². The fourth-order valence-corrected chi connectivity index (χ4v) is 2.21. The Morgan fingerprint density at radius 1 is 1.32 bits per heavy atom. The molecule has 0 saturated carbocycles. The van der Waals surface area contributed by atoms with Crippen molar-refractivity contribution in [3.05, 3.63) is 35.4 Å². The first kappa shape index (κ1) is 15.7. The molecule has 1 atom stereocenters. The summed E-state index contributed by atoms with van der Waals surface area (Å²) in [6, 6.07) is 7.41. The SMILES string of the molecule is CCc1ccccc1C(=O)NC(CO)CC(C)(C)C. The summed E-state index contributed by atoms with van der Waals surface area (Å²) in [6.07, 6.45) is 1.58. The van der Waals surface area contributed by atoms with Crippen LogP contribution in [0.5, 0.6) is 0 Å². The number of nitrogens with one attached hydrogen (secondary N) is 1. The van der Waals surface area contributed by atoms with E-state index in [4.69, 9.17) is 0 Å². The molecule has 1 aromatic carbocycles. The van der Waals surface area contributed by atoms with Crippen LogP contribution >= 0.6 is 0 Å². The molecule has 0 radical (unpaired) electrons. The van der Waals surface area contributed by atoms with Crippen LogP contribution in [0.2, 0.25) is 0 Å². The molecule has 0 aliphatic heterocycles. The lowest BCUT2D eigenvalue weighted by Gasteiger charge is -2.25. The minimum Gasteiger partial charge on any atom is -0.394 e. The monoisotopic (exact) mass is 263 g/mol. The van der Waals surface area contributed by atoms with E-state index in [9.17, 15) is 9.90 Å². The summed E-state index contributed by atoms with van der Waals surface area (Å²) in [4.78, 5) is 12.3. The summed E-state index contributed by atoms with van der Waals surface area (Å²) in [5, 5.41) is 12.3. The van der Waals surface area contributed by atoms with Crippen LogP contribution in [0.1, 0.15) is 50.0 Å². The lowest BCUT2D eigenvalue weighted by atomic mass is 9.88. The molecule has 2 N–H and O–H groups in total. The third-order valence-electron chi connectivity index (χ3n) is 3.06. The third kappa shape index (κ3) is 5.03. The number of rotatable bonds is 5. The fourth-order valence-electron chi connectivity index (χ4n) is 2.21. The van der Waals surface area contributed by atoms with Gasteiger partial charge in [-0.1, -0.05) is 45.9 Å². The molecule has 3 nitrogen and oxygen atoms in total. The number of aliphatic hydroxyl groups excluding tert-OH is 1. The van der Waals surface area contributed by atoms with Gasteiger partial charge in [-0.15, -0.1) is 0 Å². The summed E-state index contributed by atoms with van der Waals surface area (Å²) in [6.45, 7) is 8.30. The van der Waals surface area contributed by atoms with Crippen molar-refractivity contribution in [2.75, 3.05) is 6.61 Å². The minimum atomic E-state index is -0.197. The van der Waals surface area contributed by atoms with Gasteiger partial charge in [0.2, 0.25) is 0 Å². The zero-order chi connectivity index (χ0) is 14.5. The molecule has 0 aliphatic carbocycles. The molecule has 1 aromatic rings. The van der Waals surface area contributed by atoms with Crippen molar-refractivity contribution in [1.82, 2.24) is 5.32 Å². The van der Waals surface area contributed by atoms with E-state index in [1.165, 1.54) is 0 Å². The molecule has 3 heteroatoms. The third-order valence-corrected chi connectivity index (χ3v) is 3.06. The van der Waals surface area contributed by atoms with Gasteiger partial charge in [0.05, 0.1) is 12.6 Å². The molecule has 0 spiro atoms. The van der Waals surface area contributed by atoms with Crippen LogP contribution in [-0.4, -0.2) is 23.7 Å². The normalized spacial score (nSPS) is 13.1. The molecule has 1 rings (SSSR count). The number of benzene rings is 1. The number of hydrogen-bond donors (Lipinski definition) is 2. The molecule has 0 heterocycles. The molecular formula is C16H25NO2. The van der Waals surface area contributed by atoms with E-state index < -0.39 is 0 Å². The highest BCUT2D eigenvalue weighted by molar-refractivity contribution is 5.95. The Morgan fingerprint density at radius 3 is 2.47 bits per heavy atom. The second-order valence-corrected chi connectivity index (χ2v) is 6.13. The first-order valence-electron chi connectivity index (χ1n) is 6.87. The maximum atomic E-state index is 12.3. The van der Waals surface area contributed by atoms with Gasteiger partial charge in [0.1, 0.15) is 0 Å². The highest BCUT2D eigenvalue weighted by Gasteiger charge is 2.21. The van der Waals surface area contributed by atoms with Crippen molar-refractivity contribution in [1.29, 1.82) is 0 Å². The highest BCUT2D eigenvalue weighted by atomic mass is 16.3. The number of carbonyl (C=O) groups excluding carboxylic acids is 1. The van der Waals surface area contributed by atoms with Gasteiger partial charge in [-0.05, 0) is 29.9 Å². The standard InChI is InChI=1S/C16H25NO2/c1-5-12-8-6-7-9-14(12)15(19)17-13(11-18)10-16(2,3)4/h6-9,13,18H,5,10-11H2,1-4H3,(H,17,19). The Hall–Kier alpha value is -1.35. The van der Waals surface area contributed by atoms with Crippen LogP contribution in [0.4, 0.5) is 0 Å². The second kappa shape index (κ2) is 6.71. The predicted octanol–water partition coefficient (Wildman–Crippen LogP) is 2.78. The Bertz CT molecular complexity index is 421. The molecular weight excluding hydrogens is 238 g/mol. The Kier molecular flexibility index (Phi) is 5.55. The number of aliphatic hydroxyl groups is 1. The minimum absolute atomic E-state index is 0.0305. The fraction of sp³-hybridized carbons (Fsp3) is 0.562. The lowest BCUT2D eigenvalue weighted by molar-refractivity contribution is 0.0897. The number of aryl methyl sites for hydroxylation is 1. The Labute approximate surface area is 116 Å². The van der Waals surface area contributed by atoms with Crippen molar-refractivity contribution < 1.29 is 9.90 Å². The van der Waals surface area contributed by atoms with Gasteiger partial charge in [-0.3, -0.25) is 4.79 Å². The topological polar surface area (TPSA) is 49.3 Å². The van der Waals surface area contributed by atoms with Gasteiger partial charge in [-0.2, -0.15) is 0 Å². The molecule has 0 bridgehead atoms. The van der Waals surface area contributed by atoms with Crippen LogP contribution in [0, 0.1) is 5.41 Å². The second-order valence-electron chi connectivity index (χ2n) is 6.13. The molecule has 1 unspecified atom stereocenters. The summed E-state index contributed by atoms with van der Waals surface area (Å²) >= 11 is 0. The van der Waals surface area contributed by atoms with Gasteiger partial charge in [0.15, 0.2) is 0 Å². The van der Waals surface area contributed by atoms with Gasteiger partial charge >= 0.3 is 0 Å². The van der Waals surface area contributed by atoms with E-state index in [1.54, 1.807) is 0 Å². The summed E-state index contributed by atoms with van der Waals surface area (Å²) in [5.74, 6) is -0.0965. The molecule has 0 aromatic heterocycles. The number of carbonyl (C=O) groups is 1. The molecule has 106 valence electrons. The largest absolute Gasteiger partial charge is 0.394 e. The Balaban J connectivity index is 2.77. The average Bonchev–Trinajstić information content (AvgIpc) is 2.36. The van der Waals surface area contributed by atoms with Crippen molar-refractivity contribution in [2.24, 2.45) is 5.41 Å². The summed E-state index contributed by atoms with van der Waals surface area (Å²) < 4.78 is 0. The predicted molar refractivity (Wildman–Crippen MR) is 78.2 cm³/mol. The molecule has 0 fully saturated rings. The van der Waals surface area contributed by atoms with E-state index in [0.29, 0.717) is 5.56 Å². The number of hydrogen-bond acceptors (Lipinski definition) is 2. The quantitative estimate of drug-likeness (QED) is 0.858. The van der Waals surface area contributed by atoms with Crippen molar-refractivity contribution in [2.45, 2.75) is 46.6 Å². The van der Waals surface area contributed by atoms with Crippen LogP contribution in [0.3, 0.4) is 0 Å². The molecule has 0 aliphatic rings. The van der Waals surface area contributed by atoms with E-state index in [-0.39, 0.29) is 24.0 Å². The Morgan fingerprint density at radius 2 is 1.95 bits per heavy atom. The molecule has 1 amide bonds. The number of amides is 1. The average molecular weight is 263 g/mol. The van der Waals surface area contributed by atoms with E-state index in [0.717, 1.165) is 18.4 Å². The van der Waals surface area contributed by atoms with Crippen LogP contribution in [0.15, 0.2) is 24.3 Å². The first-order valence-corrected chi connectivity index (χ1v) is 6.87. The van der Waals surface area contributed by atoms with E-state index >= 15 is 0 Å². The lowest BCUT2D eigenvalue weighted by Crippen LogP contribution is -2.40. The maximum Gasteiger partial charge on any atom is 0.251 e. The maximum absolute atomic E-state index is 12.3. The van der Waals surface area contributed by atoms with Crippen molar-refractivity contribution in [3.8, 4) is 0 Å². The zero-order valence-corrected chi connectivity index (χ0v) is 12.4. The van der Waals surface area contributed by atoms with Crippen LogP contribution < -0.4 is 5.32 Å². The smallest absolute Gasteiger partial charge is 0.251 e. The zero-order valence-electron chi connectivity index (χ0n) is 12.4. The van der Waals surface area contributed by atoms with Crippen LogP contribution in [-0.2, 0) is 6.42 Å². The van der Waals surface area contributed by atoms with Crippen molar-refractivity contribution in [3.63, 3.8) is 0 Å². The summed E-state index contributed by atoms with van der Waals surface area (Å²) in [5.41, 5.74) is 1.81. The van der Waals surface area contributed by atoms with Gasteiger partial charge in [0, 0.05) is 5.56 Å². The summed E-state index contributed by atoms with van der Waals surface area (Å²) in [7, 11) is 0. The van der Waals surface area contributed by atoms with Crippen LogP contribution in [0.25, 0.3) is 0 Å². The van der Waals surface area contributed by atoms with Gasteiger partial charge in [-0.25, -0.2) is 0 Å². The van der Waals surface area contributed by atoms with Gasteiger partial charge < -0.3 is 10.4 Å².